The number of pyridine rings is 1. The summed E-state index contributed by atoms with van der Waals surface area (Å²) in [6.07, 6.45) is 1.28. The third-order valence-electron chi connectivity index (χ3n) is 4.36. The molecule has 8 heteroatoms. The first-order valence-electron chi connectivity index (χ1n) is 8.76. The van der Waals surface area contributed by atoms with Crippen LogP contribution in [0.3, 0.4) is 0 Å². The fourth-order valence-electron chi connectivity index (χ4n) is 2.90. The second-order valence-electron chi connectivity index (χ2n) is 6.73. The van der Waals surface area contributed by atoms with Gasteiger partial charge in [0.2, 0.25) is 5.79 Å². The number of nitrogens with zero attached hydrogens (tertiary/aromatic N) is 1. The van der Waals surface area contributed by atoms with Gasteiger partial charge in [-0.3, -0.25) is 4.79 Å². The molecule has 0 fully saturated rings. The van der Waals surface area contributed by atoms with Crippen molar-refractivity contribution in [2.75, 3.05) is 13.7 Å². The summed E-state index contributed by atoms with van der Waals surface area (Å²) >= 11 is 0. The fraction of sp³-hybridized carbons (Fsp3) is 0.350. The normalized spacial score (nSPS) is 15.7. The highest BCUT2D eigenvalue weighted by atomic mass is 16.7. The van der Waals surface area contributed by atoms with Crippen LogP contribution in [0.5, 0.6) is 5.75 Å². The number of nitrogens with one attached hydrogen (secondary N) is 1. The van der Waals surface area contributed by atoms with E-state index in [-0.39, 0.29) is 30.2 Å². The first-order chi connectivity index (χ1) is 13.4. The quantitative estimate of drug-likeness (QED) is 0.757. The second kappa shape index (κ2) is 7.95. The SMILES string of the molecule is COC(=O)c1ncc(C(=O)N[C@H](CO)c2ccccc2)c2c1OC(C)(C)OC2. The number of amides is 1. The molecule has 2 aromatic rings. The summed E-state index contributed by atoms with van der Waals surface area (Å²) in [5.74, 6) is -1.95. The molecule has 1 aliphatic heterocycles. The molecule has 8 nitrogen and oxygen atoms in total. The van der Waals surface area contributed by atoms with E-state index in [1.807, 2.05) is 30.3 Å². The van der Waals surface area contributed by atoms with Crippen molar-refractivity contribution in [2.24, 2.45) is 0 Å². The Morgan fingerprint density at radius 1 is 1.32 bits per heavy atom. The van der Waals surface area contributed by atoms with Gasteiger partial charge < -0.3 is 24.6 Å². The van der Waals surface area contributed by atoms with E-state index in [4.69, 9.17) is 14.2 Å². The smallest absolute Gasteiger partial charge is 0.360 e. The van der Waals surface area contributed by atoms with Crippen LogP contribution in [0.4, 0.5) is 0 Å². The van der Waals surface area contributed by atoms with Gasteiger partial charge in [-0.25, -0.2) is 9.78 Å². The van der Waals surface area contributed by atoms with E-state index >= 15 is 0 Å². The number of ether oxygens (including phenoxy) is 3. The summed E-state index contributed by atoms with van der Waals surface area (Å²) in [4.78, 5) is 29.0. The van der Waals surface area contributed by atoms with E-state index in [9.17, 15) is 14.7 Å². The molecule has 1 atom stereocenters. The summed E-state index contributed by atoms with van der Waals surface area (Å²) in [6.45, 7) is 3.18. The van der Waals surface area contributed by atoms with Gasteiger partial charge >= 0.3 is 5.97 Å². The Morgan fingerprint density at radius 3 is 2.68 bits per heavy atom. The minimum atomic E-state index is -0.982. The zero-order valence-corrected chi connectivity index (χ0v) is 15.9. The molecule has 0 aliphatic carbocycles. The number of methoxy groups -OCH3 is 1. The van der Waals surface area contributed by atoms with E-state index in [0.29, 0.717) is 5.56 Å². The van der Waals surface area contributed by atoms with Crippen molar-refractivity contribution in [1.29, 1.82) is 0 Å². The molecule has 3 rings (SSSR count). The number of benzene rings is 1. The standard InChI is InChI=1S/C20H22N2O6/c1-20(2)27-11-14-13(9-21-16(17(14)28-20)19(25)26-3)18(24)22-15(10-23)12-7-5-4-6-8-12/h4-9,15,23H,10-11H2,1-3H3,(H,22,24)/t15-/m1/s1. The van der Waals surface area contributed by atoms with Crippen molar-refractivity contribution in [3.8, 4) is 5.75 Å². The lowest BCUT2D eigenvalue weighted by Crippen LogP contribution is -2.38. The molecule has 1 aliphatic rings. The van der Waals surface area contributed by atoms with E-state index in [2.05, 4.69) is 10.3 Å². The third-order valence-corrected chi connectivity index (χ3v) is 4.36. The minimum Gasteiger partial charge on any atom is -0.464 e. The molecular weight excluding hydrogens is 364 g/mol. The van der Waals surface area contributed by atoms with Gasteiger partial charge in [0.15, 0.2) is 11.4 Å². The molecule has 1 aromatic heterocycles. The molecule has 2 N–H and O–H groups in total. The molecule has 148 valence electrons. The molecule has 0 bridgehead atoms. The van der Waals surface area contributed by atoms with Gasteiger partial charge in [-0.05, 0) is 5.56 Å². The molecule has 0 saturated heterocycles. The van der Waals surface area contributed by atoms with Crippen LogP contribution in [0.25, 0.3) is 0 Å². The van der Waals surface area contributed by atoms with Crippen LogP contribution in [0.2, 0.25) is 0 Å². The highest BCUT2D eigenvalue weighted by Gasteiger charge is 2.35. The maximum atomic E-state index is 12.9. The summed E-state index contributed by atoms with van der Waals surface area (Å²) in [5, 5.41) is 12.5. The zero-order chi connectivity index (χ0) is 20.3. The Labute approximate surface area is 162 Å². The van der Waals surface area contributed by atoms with Gasteiger partial charge in [0.05, 0.1) is 31.9 Å². The molecule has 0 spiro atoms. The van der Waals surface area contributed by atoms with Crippen molar-refractivity contribution in [2.45, 2.75) is 32.3 Å². The number of hydrogen-bond donors (Lipinski definition) is 2. The summed E-state index contributed by atoms with van der Waals surface area (Å²) in [5.41, 5.74) is 1.34. The molecule has 0 unspecified atom stereocenters. The lowest BCUT2D eigenvalue weighted by Gasteiger charge is -2.34. The summed E-state index contributed by atoms with van der Waals surface area (Å²) < 4.78 is 16.2. The Balaban J connectivity index is 1.96. The Morgan fingerprint density at radius 2 is 2.04 bits per heavy atom. The Kier molecular flexibility index (Phi) is 5.62. The number of aliphatic hydroxyl groups excluding tert-OH is 1. The first-order valence-corrected chi connectivity index (χ1v) is 8.76. The highest BCUT2D eigenvalue weighted by molar-refractivity contribution is 5.98. The predicted molar refractivity (Wildman–Crippen MR) is 98.8 cm³/mol. The third kappa shape index (κ3) is 3.97. The first kappa shape index (κ1) is 19.8. The van der Waals surface area contributed by atoms with Crippen molar-refractivity contribution in [3.05, 3.63) is 58.9 Å². The van der Waals surface area contributed by atoms with E-state index in [1.165, 1.54) is 13.3 Å². The molecule has 1 amide bonds. The van der Waals surface area contributed by atoms with Crippen LogP contribution < -0.4 is 10.1 Å². The number of aromatic nitrogens is 1. The average molecular weight is 386 g/mol. The molecule has 0 saturated carbocycles. The molecule has 28 heavy (non-hydrogen) atoms. The van der Waals surface area contributed by atoms with Crippen molar-refractivity contribution >= 4 is 11.9 Å². The second-order valence-corrected chi connectivity index (χ2v) is 6.73. The predicted octanol–water partition coefficient (Wildman–Crippen LogP) is 1.98. The Bertz CT molecular complexity index is 882. The molecular formula is C20H22N2O6. The van der Waals surface area contributed by atoms with Crippen molar-refractivity contribution < 1.29 is 28.9 Å². The number of carbonyl (C=O) groups excluding carboxylic acids is 2. The van der Waals surface area contributed by atoms with Crippen molar-refractivity contribution in [1.82, 2.24) is 10.3 Å². The lowest BCUT2D eigenvalue weighted by atomic mass is 10.0. The van der Waals surface area contributed by atoms with Crippen LogP contribution in [0.1, 0.15) is 51.9 Å². The van der Waals surface area contributed by atoms with Crippen LogP contribution in [-0.2, 0) is 16.1 Å². The average Bonchev–Trinajstić information content (AvgIpc) is 2.70. The number of esters is 1. The van der Waals surface area contributed by atoms with Crippen LogP contribution in [0.15, 0.2) is 36.5 Å². The van der Waals surface area contributed by atoms with Gasteiger partial charge in [-0.1, -0.05) is 30.3 Å². The topological polar surface area (TPSA) is 107 Å². The van der Waals surface area contributed by atoms with E-state index in [0.717, 1.165) is 5.56 Å². The minimum absolute atomic E-state index is 0.0211. The van der Waals surface area contributed by atoms with Gasteiger partial charge in [-0.15, -0.1) is 0 Å². The Hall–Kier alpha value is -2.97. The highest BCUT2D eigenvalue weighted by Crippen LogP contribution is 2.36. The van der Waals surface area contributed by atoms with Crippen LogP contribution in [0, 0.1) is 0 Å². The van der Waals surface area contributed by atoms with Crippen molar-refractivity contribution in [3.63, 3.8) is 0 Å². The van der Waals surface area contributed by atoms with Gasteiger partial charge in [0.25, 0.3) is 5.91 Å². The number of carbonyl (C=O) groups is 2. The maximum Gasteiger partial charge on any atom is 0.360 e. The fourth-order valence-corrected chi connectivity index (χ4v) is 2.90. The van der Waals surface area contributed by atoms with Gasteiger partial charge in [0, 0.05) is 25.6 Å². The van der Waals surface area contributed by atoms with E-state index < -0.39 is 23.7 Å². The summed E-state index contributed by atoms with van der Waals surface area (Å²) in [6, 6.07) is 8.52. The van der Waals surface area contributed by atoms with E-state index in [1.54, 1.807) is 13.8 Å². The summed E-state index contributed by atoms with van der Waals surface area (Å²) in [7, 11) is 1.24. The van der Waals surface area contributed by atoms with Gasteiger partial charge in [0.1, 0.15) is 0 Å². The zero-order valence-electron chi connectivity index (χ0n) is 15.9. The number of aliphatic hydroxyl groups is 1. The molecule has 0 radical (unpaired) electrons. The molecule has 2 heterocycles. The van der Waals surface area contributed by atoms with Crippen LogP contribution in [-0.4, -0.2) is 41.5 Å². The monoisotopic (exact) mass is 386 g/mol. The maximum absolute atomic E-state index is 12.9. The van der Waals surface area contributed by atoms with Crippen LogP contribution >= 0.6 is 0 Å². The molecule has 1 aromatic carbocycles. The lowest BCUT2D eigenvalue weighted by molar-refractivity contribution is -0.180. The van der Waals surface area contributed by atoms with Gasteiger partial charge in [-0.2, -0.15) is 0 Å². The number of rotatable bonds is 5. The number of fused-ring (bicyclic) bond motifs is 1. The number of hydrogen-bond acceptors (Lipinski definition) is 7. The largest absolute Gasteiger partial charge is 0.464 e.